The molecule has 0 aliphatic carbocycles. The highest BCUT2D eigenvalue weighted by Crippen LogP contribution is 2.17. The molecule has 0 radical (unpaired) electrons. The van der Waals surface area contributed by atoms with Gasteiger partial charge in [-0.1, -0.05) is 18.7 Å². The summed E-state index contributed by atoms with van der Waals surface area (Å²) in [5.41, 5.74) is 2.70. The van der Waals surface area contributed by atoms with Gasteiger partial charge in [-0.3, -0.25) is 4.79 Å². The highest BCUT2D eigenvalue weighted by Gasteiger charge is 2.18. The number of hydrogen-bond donors (Lipinski definition) is 1. The minimum atomic E-state index is 0.0378. The van der Waals surface area contributed by atoms with E-state index in [9.17, 15) is 4.79 Å². The fourth-order valence-corrected chi connectivity index (χ4v) is 3.85. The Bertz CT molecular complexity index is 784. The third kappa shape index (κ3) is 4.35. The Kier molecular flexibility index (Phi) is 6.13. The molecule has 3 rings (SSSR count). The molecule has 1 aliphatic heterocycles. The minimum absolute atomic E-state index is 0.0378. The third-order valence-corrected chi connectivity index (χ3v) is 5.50. The fraction of sp³-hybridized carbons (Fsp3) is 0.667. The minimum Gasteiger partial charge on any atom is -0.355 e. The normalized spacial score (nSPS) is 16.3. The van der Waals surface area contributed by atoms with Crippen LogP contribution in [0.15, 0.2) is 5.16 Å². The molecule has 1 fully saturated rings. The van der Waals surface area contributed by atoms with Crippen LogP contribution in [-0.4, -0.2) is 62.8 Å². The maximum absolute atomic E-state index is 12.5. The number of carbonyl (C=O) groups is 1. The van der Waals surface area contributed by atoms with Gasteiger partial charge in [-0.2, -0.15) is 4.98 Å². The molecule has 1 atom stereocenters. The lowest BCUT2D eigenvalue weighted by Crippen LogP contribution is -2.35. The van der Waals surface area contributed by atoms with E-state index >= 15 is 0 Å². The van der Waals surface area contributed by atoms with Crippen LogP contribution < -0.4 is 5.32 Å². The van der Waals surface area contributed by atoms with Crippen LogP contribution in [0.5, 0.6) is 0 Å². The van der Waals surface area contributed by atoms with Crippen molar-refractivity contribution in [2.24, 2.45) is 5.92 Å². The van der Waals surface area contributed by atoms with Crippen molar-refractivity contribution >= 4 is 23.4 Å². The van der Waals surface area contributed by atoms with Crippen molar-refractivity contribution in [1.82, 2.24) is 29.8 Å². The molecule has 1 saturated heterocycles. The predicted octanol–water partition coefficient (Wildman–Crippen LogP) is 1.85. The molecule has 2 aromatic heterocycles. The van der Waals surface area contributed by atoms with Crippen LogP contribution in [0.3, 0.4) is 0 Å². The molecule has 2 aromatic rings. The van der Waals surface area contributed by atoms with E-state index in [0.717, 1.165) is 23.5 Å². The summed E-state index contributed by atoms with van der Waals surface area (Å²) in [5, 5.41) is 8.21. The lowest BCUT2D eigenvalue weighted by Gasteiger charge is -2.20. The number of amides is 1. The third-order valence-electron chi connectivity index (χ3n) is 4.97. The van der Waals surface area contributed by atoms with E-state index in [2.05, 4.69) is 32.2 Å². The molecule has 1 amide bonds. The van der Waals surface area contributed by atoms with Crippen LogP contribution in [0, 0.1) is 19.8 Å². The summed E-state index contributed by atoms with van der Waals surface area (Å²) in [6.07, 6.45) is 4.86. The van der Waals surface area contributed by atoms with Gasteiger partial charge in [0.2, 0.25) is 11.1 Å². The van der Waals surface area contributed by atoms with Crippen LogP contribution in [0.25, 0.3) is 5.78 Å². The average molecular weight is 377 g/mol. The first-order chi connectivity index (χ1) is 12.5. The van der Waals surface area contributed by atoms with E-state index in [1.54, 1.807) is 4.52 Å². The maximum Gasteiger partial charge on any atom is 0.253 e. The van der Waals surface area contributed by atoms with Gasteiger partial charge in [0.15, 0.2) is 0 Å². The van der Waals surface area contributed by atoms with Gasteiger partial charge in [0.05, 0.1) is 6.42 Å². The van der Waals surface area contributed by atoms with Crippen LogP contribution in [-0.2, 0) is 11.2 Å². The van der Waals surface area contributed by atoms with Crippen molar-refractivity contribution in [3.05, 3.63) is 17.0 Å². The molecule has 1 aliphatic rings. The summed E-state index contributed by atoms with van der Waals surface area (Å²) >= 11 is 1.49. The molecule has 1 N–H and O–H groups in total. The Hall–Kier alpha value is -1.67. The van der Waals surface area contributed by atoms with Crippen molar-refractivity contribution in [1.29, 1.82) is 0 Å². The first-order valence-electron chi connectivity index (χ1n) is 9.23. The summed E-state index contributed by atoms with van der Waals surface area (Å²) in [4.78, 5) is 23.8. The molecule has 0 bridgehead atoms. The lowest BCUT2D eigenvalue weighted by atomic mass is 10.1. The Morgan fingerprint density at radius 1 is 1.27 bits per heavy atom. The lowest BCUT2D eigenvalue weighted by molar-refractivity contribution is -0.120. The number of nitrogens with one attached hydrogen (secondary N) is 1. The van der Waals surface area contributed by atoms with Crippen LogP contribution >= 0.6 is 11.8 Å². The maximum atomic E-state index is 12.5. The Morgan fingerprint density at radius 3 is 2.69 bits per heavy atom. The smallest absolute Gasteiger partial charge is 0.253 e. The molecule has 8 heteroatoms. The highest BCUT2D eigenvalue weighted by atomic mass is 32.2. The second-order valence-electron chi connectivity index (χ2n) is 7.17. The van der Waals surface area contributed by atoms with Gasteiger partial charge in [0, 0.05) is 30.0 Å². The number of nitrogens with zero attached hydrogens (tertiary/aromatic N) is 5. The average Bonchev–Trinajstić information content (AvgIpc) is 3.26. The van der Waals surface area contributed by atoms with E-state index in [4.69, 9.17) is 0 Å². The Balaban J connectivity index is 1.61. The SMILES string of the molecule is CSc1nc2nc(C)c(CC(=O)NCC(C)CN3CCCC3)c(C)n2n1. The molecule has 26 heavy (non-hydrogen) atoms. The zero-order valence-electron chi connectivity index (χ0n) is 16.1. The van der Waals surface area contributed by atoms with Crippen molar-refractivity contribution in [2.75, 3.05) is 32.4 Å². The molecule has 1 unspecified atom stereocenters. The number of thioether (sulfide) groups is 1. The standard InChI is InChI=1S/C18H28N6OS/c1-12(11-23-7-5-6-8-23)10-19-16(25)9-15-13(2)20-17-21-18(26-4)22-24(17)14(15)3/h12H,5-11H2,1-4H3,(H,19,25). The van der Waals surface area contributed by atoms with Gasteiger partial charge in [-0.15, -0.1) is 5.10 Å². The van der Waals surface area contributed by atoms with Crippen molar-refractivity contribution in [3.63, 3.8) is 0 Å². The fourth-order valence-electron chi connectivity index (χ4n) is 3.51. The highest BCUT2D eigenvalue weighted by molar-refractivity contribution is 7.98. The predicted molar refractivity (Wildman–Crippen MR) is 104 cm³/mol. The second kappa shape index (κ2) is 8.35. The number of carbonyl (C=O) groups excluding carboxylic acids is 1. The van der Waals surface area contributed by atoms with E-state index in [-0.39, 0.29) is 5.91 Å². The second-order valence-corrected chi connectivity index (χ2v) is 7.94. The van der Waals surface area contributed by atoms with Gasteiger partial charge in [-0.05, 0) is 52.0 Å². The quantitative estimate of drug-likeness (QED) is 0.744. The molecule has 0 saturated carbocycles. The van der Waals surface area contributed by atoms with Gasteiger partial charge in [0.25, 0.3) is 5.78 Å². The van der Waals surface area contributed by atoms with Crippen molar-refractivity contribution < 1.29 is 4.79 Å². The molecular weight excluding hydrogens is 348 g/mol. The summed E-state index contributed by atoms with van der Waals surface area (Å²) in [6, 6.07) is 0. The molecular formula is C18H28N6OS. The monoisotopic (exact) mass is 376 g/mol. The Morgan fingerprint density at radius 2 is 2.00 bits per heavy atom. The number of fused-ring (bicyclic) bond motifs is 1. The summed E-state index contributed by atoms with van der Waals surface area (Å²) in [6.45, 7) is 10.3. The molecule has 7 nitrogen and oxygen atoms in total. The van der Waals surface area contributed by atoms with Gasteiger partial charge < -0.3 is 10.2 Å². The number of rotatable bonds is 7. The van der Waals surface area contributed by atoms with Crippen LogP contribution in [0.2, 0.25) is 0 Å². The molecule has 0 aromatic carbocycles. The van der Waals surface area contributed by atoms with Gasteiger partial charge in [-0.25, -0.2) is 9.50 Å². The first kappa shape index (κ1) is 19.1. The molecule has 0 spiro atoms. The number of aromatic nitrogens is 4. The number of hydrogen-bond acceptors (Lipinski definition) is 6. The number of aryl methyl sites for hydroxylation is 2. The van der Waals surface area contributed by atoms with Gasteiger partial charge in [0.1, 0.15) is 0 Å². The topological polar surface area (TPSA) is 75.4 Å². The molecule has 142 valence electrons. The van der Waals surface area contributed by atoms with Gasteiger partial charge >= 0.3 is 0 Å². The molecule has 3 heterocycles. The van der Waals surface area contributed by atoms with Crippen LogP contribution in [0.1, 0.15) is 36.7 Å². The zero-order chi connectivity index (χ0) is 18.7. The van der Waals surface area contributed by atoms with Crippen molar-refractivity contribution in [3.8, 4) is 0 Å². The zero-order valence-corrected chi connectivity index (χ0v) is 16.9. The van der Waals surface area contributed by atoms with E-state index in [1.807, 2.05) is 20.1 Å². The first-order valence-corrected chi connectivity index (χ1v) is 10.5. The number of likely N-dealkylation sites (tertiary alicyclic amines) is 1. The summed E-state index contributed by atoms with van der Waals surface area (Å²) in [5.74, 6) is 1.09. The van der Waals surface area contributed by atoms with Crippen molar-refractivity contribution in [2.45, 2.75) is 45.2 Å². The van der Waals surface area contributed by atoms with E-state index in [0.29, 0.717) is 29.8 Å². The largest absolute Gasteiger partial charge is 0.355 e. The van der Waals surface area contributed by atoms with Crippen LogP contribution in [0.4, 0.5) is 0 Å². The summed E-state index contributed by atoms with van der Waals surface area (Å²) in [7, 11) is 0. The summed E-state index contributed by atoms with van der Waals surface area (Å²) < 4.78 is 1.73. The van der Waals surface area contributed by atoms with E-state index in [1.165, 1.54) is 37.7 Å². The van der Waals surface area contributed by atoms with E-state index < -0.39 is 0 Å². The Labute approximate surface area is 159 Å².